The van der Waals surface area contributed by atoms with Gasteiger partial charge in [-0.25, -0.2) is 9.11 Å². The number of rotatable bonds is 7. The van der Waals surface area contributed by atoms with E-state index in [2.05, 4.69) is 5.32 Å². The summed E-state index contributed by atoms with van der Waals surface area (Å²) in [6.07, 6.45) is 1.04. The molecule has 0 aliphatic rings. The van der Waals surface area contributed by atoms with Gasteiger partial charge in [0.2, 0.25) is 0 Å². The zero-order valence-corrected chi connectivity index (χ0v) is 18.1. The van der Waals surface area contributed by atoms with Crippen molar-refractivity contribution in [3.05, 3.63) is 47.8 Å². The minimum atomic E-state index is -4.28. The van der Waals surface area contributed by atoms with E-state index in [4.69, 9.17) is 5.14 Å². The van der Waals surface area contributed by atoms with Crippen LogP contribution in [0.3, 0.4) is 0 Å². The number of hydrogen-bond acceptors (Lipinski definition) is 6. The van der Waals surface area contributed by atoms with Crippen molar-refractivity contribution >= 4 is 22.1 Å². The van der Waals surface area contributed by atoms with Crippen molar-refractivity contribution < 1.29 is 52.7 Å². The fraction of sp³-hybridized carbons (Fsp3) is 0.250. The molecule has 1 aromatic carbocycles. The predicted octanol–water partition coefficient (Wildman–Crippen LogP) is -4.13. The Balaban J connectivity index is 0.00000364. The second-order valence-corrected chi connectivity index (χ2v) is 7.04. The van der Waals surface area contributed by atoms with Crippen LogP contribution < -0.4 is 45.1 Å². The molecular formula is C16H19N4NaO5S. The smallest absolute Gasteiger partial charge is 0.543 e. The van der Waals surface area contributed by atoms with Crippen LogP contribution >= 0.6 is 0 Å². The molecule has 0 saturated heterocycles. The number of aromatic nitrogens is 1. The van der Waals surface area contributed by atoms with Gasteiger partial charge in [0, 0.05) is 37.5 Å². The number of carbonyl (C=O) groups is 2. The summed E-state index contributed by atoms with van der Waals surface area (Å²) in [6.45, 7) is 1.18. The van der Waals surface area contributed by atoms with Crippen molar-refractivity contribution in [3.8, 4) is 11.1 Å². The first-order valence-electron chi connectivity index (χ1n) is 7.63. The average molecular weight is 402 g/mol. The molecule has 2 aromatic rings. The summed E-state index contributed by atoms with van der Waals surface area (Å²) in [4.78, 5) is 25.2. The fourth-order valence-corrected chi connectivity index (χ4v) is 3.11. The van der Waals surface area contributed by atoms with E-state index in [1.165, 1.54) is 18.2 Å². The van der Waals surface area contributed by atoms with Crippen LogP contribution in [-0.4, -0.2) is 56.4 Å². The van der Waals surface area contributed by atoms with Crippen molar-refractivity contribution in [2.75, 3.05) is 27.2 Å². The monoisotopic (exact) mass is 402 g/mol. The van der Waals surface area contributed by atoms with Crippen molar-refractivity contribution in [2.24, 2.45) is 5.14 Å². The maximum Gasteiger partial charge on any atom is 1.00 e. The third-order valence-electron chi connectivity index (χ3n) is 3.81. The summed E-state index contributed by atoms with van der Waals surface area (Å²) in [7, 11) is -0.816. The van der Waals surface area contributed by atoms with E-state index in [-0.39, 0.29) is 41.0 Å². The predicted molar refractivity (Wildman–Crippen MR) is 93.6 cm³/mol. The van der Waals surface area contributed by atoms with Gasteiger partial charge in [-0.15, -0.1) is 0 Å². The molecule has 27 heavy (non-hydrogen) atoms. The first-order chi connectivity index (χ1) is 12.2. The van der Waals surface area contributed by atoms with Gasteiger partial charge in [-0.05, 0) is 30.8 Å². The summed E-state index contributed by atoms with van der Waals surface area (Å²) in [5.41, 5.74) is 0.397. The number of likely N-dealkylation sites (N-methyl/N-ethyl adjacent to an activating group) is 2. The van der Waals surface area contributed by atoms with Crippen LogP contribution in [0, 0.1) is 0 Å². The van der Waals surface area contributed by atoms with Crippen molar-refractivity contribution in [1.29, 1.82) is 0 Å². The molecule has 0 bridgehead atoms. The third kappa shape index (κ3) is 5.41. The van der Waals surface area contributed by atoms with Gasteiger partial charge in [-0.3, -0.25) is 4.79 Å². The van der Waals surface area contributed by atoms with E-state index in [1.54, 1.807) is 31.1 Å². The van der Waals surface area contributed by atoms with E-state index in [0.29, 0.717) is 28.2 Å². The molecule has 140 valence electrons. The number of nitrogens with one attached hydrogen (secondary N) is 1. The molecule has 3 N–H and O–H groups in total. The second kappa shape index (κ2) is 9.49. The molecular weight excluding hydrogens is 383 g/mol. The van der Waals surface area contributed by atoms with E-state index in [1.807, 2.05) is 0 Å². The molecule has 0 unspecified atom stereocenters. The first-order valence-corrected chi connectivity index (χ1v) is 9.13. The number of carboxylic acids is 1. The number of nitrogens with zero attached hydrogens (tertiary/aromatic N) is 2. The fourth-order valence-electron chi connectivity index (χ4n) is 2.45. The standard InChI is InChI=1S/C16H20N4O5S.Na/c1-18-8-10-19(2)15(21)12-5-3-11(4-6-12)13-7-9-20(26(17,24)25)14(13)16(22)23;/h3-7,9,18H,8,10H2,1-2H3,(H,22,23)(H2,17,24,25);/q;+1/p-1. The number of carbonyl (C=O) groups excluding carboxylic acids is 2. The van der Waals surface area contributed by atoms with Crippen LogP contribution in [0.5, 0.6) is 0 Å². The minimum absolute atomic E-state index is 0. The van der Waals surface area contributed by atoms with Gasteiger partial charge in [0.05, 0.1) is 11.7 Å². The van der Waals surface area contributed by atoms with Crippen molar-refractivity contribution in [3.63, 3.8) is 0 Å². The Hall–Kier alpha value is -1.69. The van der Waals surface area contributed by atoms with Crippen LogP contribution in [0.15, 0.2) is 36.5 Å². The molecule has 1 amide bonds. The molecule has 9 nitrogen and oxygen atoms in total. The van der Waals surface area contributed by atoms with Crippen LogP contribution in [0.1, 0.15) is 20.8 Å². The van der Waals surface area contributed by atoms with Crippen molar-refractivity contribution in [1.82, 2.24) is 14.2 Å². The largest absolute Gasteiger partial charge is 1.00 e. The summed E-state index contributed by atoms with van der Waals surface area (Å²) >= 11 is 0. The first kappa shape index (κ1) is 23.3. The Labute approximate surface area is 179 Å². The van der Waals surface area contributed by atoms with Gasteiger partial charge < -0.3 is 20.1 Å². The number of benzene rings is 1. The SMILES string of the molecule is CNCCN(C)C(=O)c1ccc(-c2ccn(S(N)(=O)=O)c2C(=O)[O-])cc1.[Na+]. The van der Waals surface area contributed by atoms with Gasteiger partial charge in [0.1, 0.15) is 0 Å². The van der Waals surface area contributed by atoms with Gasteiger partial charge in [-0.2, -0.15) is 8.42 Å². The number of aromatic carboxylic acids is 1. The maximum atomic E-state index is 12.3. The zero-order valence-electron chi connectivity index (χ0n) is 15.3. The van der Waals surface area contributed by atoms with Crippen LogP contribution in [0.25, 0.3) is 11.1 Å². The summed E-state index contributed by atoms with van der Waals surface area (Å²) < 4.78 is 23.5. The average Bonchev–Trinajstić information content (AvgIpc) is 3.05. The Morgan fingerprint density at radius 3 is 2.30 bits per heavy atom. The molecule has 11 heteroatoms. The molecule has 0 saturated carbocycles. The Bertz CT molecular complexity index is 925. The number of amides is 1. The van der Waals surface area contributed by atoms with E-state index < -0.39 is 21.9 Å². The molecule has 0 spiro atoms. The zero-order chi connectivity index (χ0) is 19.5. The summed E-state index contributed by atoms with van der Waals surface area (Å²) in [5.74, 6) is -1.86. The van der Waals surface area contributed by atoms with Gasteiger partial charge in [-0.1, -0.05) is 12.1 Å². The third-order valence-corrected chi connectivity index (χ3v) is 4.66. The Kier molecular flexibility index (Phi) is 8.21. The molecule has 1 heterocycles. The quantitative estimate of drug-likeness (QED) is 0.451. The Morgan fingerprint density at radius 2 is 1.81 bits per heavy atom. The van der Waals surface area contributed by atoms with Gasteiger partial charge in [0.25, 0.3) is 5.91 Å². The van der Waals surface area contributed by atoms with Crippen LogP contribution in [0.2, 0.25) is 0 Å². The summed E-state index contributed by atoms with van der Waals surface area (Å²) in [5, 5.41) is 19.3. The maximum absolute atomic E-state index is 12.3. The molecule has 0 radical (unpaired) electrons. The molecule has 0 aliphatic carbocycles. The van der Waals surface area contributed by atoms with E-state index in [9.17, 15) is 23.1 Å². The topological polar surface area (TPSA) is 138 Å². The van der Waals surface area contributed by atoms with E-state index in [0.717, 1.165) is 6.20 Å². The normalized spacial score (nSPS) is 10.9. The van der Waals surface area contributed by atoms with Crippen LogP contribution in [0.4, 0.5) is 0 Å². The molecule has 2 rings (SSSR count). The van der Waals surface area contributed by atoms with Gasteiger partial charge in [0.15, 0.2) is 0 Å². The summed E-state index contributed by atoms with van der Waals surface area (Å²) in [6, 6.07) is 7.47. The number of nitrogens with two attached hydrogens (primary N) is 1. The molecule has 0 atom stereocenters. The van der Waals surface area contributed by atoms with Gasteiger partial charge >= 0.3 is 39.8 Å². The molecule has 0 aliphatic heterocycles. The minimum Gasteiger partial charge on any atom is -0.543 e. The molecule has 0 fully saturated rings. The molecule has 1 aromatic heterocycles. The van der Waals surface area contributed by atoms with Crippen molar-refractivity contribution in [2.45, 2.75) is 0 Å². The number of hydrogen-bond donors (Lipinski definition) is 2. The number of carboxylic acid groups (broad SMARTS) is 1. The Morgan fingerprint density at radius 1 is 1.22 bits per heavy atom. The van der Waals surface area contributed by atoms with E-state index >= 15 is 0 Å². The second-order valence-electron chi connectivity index (χ2n) is 5.61. The van der Waals surface area contributed by atoms with Crippen LogP contribution in [-0.2, 0) is 10.2 Å².